The van der Waals surface area contributed by atoms with E-state index in [1.54, 1.807) is 0 Å². The van der Waals surface area contributed by atoms with Gasteiger partial charge in [0.25, 0.3) is 0 Å². The van der Waals surface area contributed by atoms with Gasteiger partial charge >= 0.3 is 0 Å². The second-order valence-electron chi connectivity index (χ2n) is 2.70. The summed E-state index contributed by atoms with van der Waals surface area (Å²) in [5.41, 5.74) is 7.65. The number of nitrogens with one attached hydrogen (secondary N) is 1. The van der Waals surface area contributed by atoms with Gasteiger partial charge < -0.3 is 11.1 Å². The third-order valence-corrected chi connectivity index (χ3v) is 1.74. The number of rotatable bonds is 1. The summed E-state index contributed by atoms with van der Waals surface area (Å²) in [6.07, 6.45) is 5.32. The topological polar surface area (TPSA) is 38.0 Å². The standard InChI is InChI=1S/C8H14N2/c1-6-3-4-8(10-2)7(9)5-6/h4-6,10H,3,9H2,1-2H3. The van der Waals surface area contributed by atoms with E-state index in [0.29, 0.717) is 5.92 Å². The first-order valence-electron chi connectivity index (χ1n) is 3.59. The molecule has 0 saturated carbocycles. The van der Waals surface area contributed by atoms with Gasteiger partial charge in [0, 0.05) is 7.05 Å². The van der Waals surface area contributed by atoms with Crippen molar-refractivity contribution in [1.29, 1.82) is 0 Å². The lowest BCUT2D eigenvalue weighted by Gasteiger charge is -2.15. The summed E-state index contributed by atoms with van der Waals surface area (Å²) in [5.74, 6) is 0.595. The molecular formula is C8H14N2. The molecule has 0 amide bonds. The number of hydrogen-bond acceptors (Lipinski definition) is 2. The Hall–Kier alpha value is -0.920. The molecule has 10 heavy (non-hydrogen) atoms. The number of hydrogen-bond donors (Lipinski definition) is 2. The Morgan fingerprint density at radius 1 is 1.70 bits per heavy atom. The second-order valence-corrected chi connectivity index (χ2v) is 2.70. The van der Waals surface area contributed by atoms with Gasteiger partial charge in [0.1, 0.15) is 0 Å². The predicted octanol–water partition coefficient (Wildman–Crippen LogP) is 0.972. The van der Waals surface area contributed by atoms with E-state index in [-0.39, 0.29) is 0 Å². The van der Waals surface area contributed by atoms with Crippen LogP contribution < -0.4 is 11.1 Å². The van der Waals surface area contributed by atoms with Crippen molar-refractivity contribution in [2.75, 3.05) is 7.05 Å². The highest BCUT2D eigenvalue weighted by molar-refractivity contribution is 5.29. The quantitative estimate of drug-likeness (QED) is 0.566. The van der Waals surface area contributed by atoms with Gasteiger partial charge in [-0.25, -0.2) is 0 Å². The molecule has 0 spiro atoms. The zero-order chi connectivity index (χ0) is 7.56. The molecule has 0 aromatic rings. The van der Waals surface area contributed by atoms with E-state index < -0.39 is 0 Å². The molecule has 0 fully saturated rings. The van der Waals surface area contributed by atoms with E-state index in [1.807, 2.05) is 7.05 Å². The van der Waals surface area contributed by atoms with E-state index in [9.17, 15) is 0 Å². The van der Waals surface area contributed by atoms with Crippen LogP contribution in [0.2, 0.25) is 0 Å². The SMILES string of the molecule is CNC1=CCC(C)C=C1N. The van der Waals surface area contributed by atoms with E-state index in [1.165, 1.54) is 0 Å². The molecule has 1 atom stereocenters. The van der Waals surface area contributed by atoms with Crippen molar-refractivity contribution in [1.82, 2.24) is 5.32 Å². The van der Waals surface area contributed by atoms with Gasteiger partial charge in [-0.05, 0) is 12.3 Å². The van der Waals surface area contributed by atoms with Crippen molar-refractivity contribution < 1.29 is 0 Å². The van der Waals surface area contributed by atoms with Crippen LogP contribution in [0.5, 0.6) is 0 Å². The summed E-state index contributed by atoms with van der Waals surface area (Å²) >= 11 is 0. The molecule has 0 saturated heterocycles. The van der Waals surface area contributed by atoms with Crippen LogP contribution in [0.3, 0.4) is 0 Å². The highest BCUT2D eigenvalue weighted by Gasteiger charge is 2.07. The van der Waals surface area contributed by atoms with Crippen LogP contribution in [-0.4, -0.2) is 7.05 Å². The Balaban J connectivity index is 2.71. The molecule has 2 nitrogen and oxygen atoms in total. The molecular weight excluding hydrogens is 124 g/mol. The minimum absolute atomic E-state index is 0.595. The van der Waals surface area contributed by atoms with Gasteiger partial charge in [-0.15, -0.1) is 0 Å². The van der Waals surface area contributed by atoms with E-state index in [0.717, 1.165) is 17.8 Å². The molecule has 56 valence electrons. The maximum atomic E-state index is 5.71. The second kappa shape index (κ2) is 2.78. The molecule has 0 aromatic heterocycles. The Labute approximate surface area is 61.8 Å². The van der Waals surface area contributed by atoms with Gasteiger partial charge in [-0.2, -0.15) is 0 Å². The van der Waals surface area contributed by atoms with Crippen molar-refractivity contribution >= 4 is 0 Å². The maximum absolute atomic E-state index is 5.71. The Morgan fingerprint density at radius 3 is 2.90 bits per heavy atom. The van der Waals surface area contributed by atoms with E-state index in [2.05, 4.69) is 24.4 Å². The lowest BCUT2D eigenvalue weighted by atomic mass is 10.00. The molecule has 1 aliphatic carbocycles. The fourth-order valence-corrected chi connectivity index (χ4v) is 1.13. The minimum atomic E-state index is 0.595. The van der Waals surface area contributed by atoms with Crippen LogP contribution in [0.25, 0.3) is 0 Å². The lowest BCUT2D eigenvalue weighted by molar-refractivity contribution is 0.708. The minimum Gasteiger partial charge on any atom is -0.397 e. The third-order valence-electron chi connectivity index (χ3n) is 1.74. The zero-order valence-corrected chi connectivity index (χ0v) is 6.52. The van der Waals surface area contributed by atoms with Crippen molar-refractivity contribution in [3.8, 4) is 0 Å². The first kappa shape index (κ1) is 7.19. The van der Waals surface area contributed by atoms with Crippen LogP contribution in [0.4, 0.5) is 0 Å². The fourth-order valence-electron chi connectivity index (χ4n) is 1.13. The highest BCUT2D eigenvalue weighted by atomic mass is 14.9. The lowest BCUT2D eigenvalue weighted by Crippen LogP contribution is -2.17. The number of likely N-dealkylation sites (N-methyl/N-ethyl adjacent to an activating group) is 1. The monoisotopic (exact) mass is 138 g/mol. The normalized spacial score (nSPS) is 25.2. The highest BCUT2D eigenvalue weighted by Crippen LogP contribution is 2.16. The van der Waals surface area contributed by atoms with Crippen molar-refractivity contribution in [3.63, 3.8) is 0 Å². The van der Waals surface area contributed by atoms with Crippen LogP contribution >= 0.6 is 0 Å². The molecule has 1 unspecified atom stereocenters. The summed E-state index contributed by atoms with van der Waals surface area (Å²) in [6, 6.07) is 0. The maximum Gasteiger partial charge on any atom is 0.0527 e. The van der Waals surface area contributed by atoms with Crippen LogP contribution in [0.15, 0.2) is 23.5 Å². The average molecular weight is 138 g/mol. The smallest absolute Gasteiger partial charge is 0.0527 e. The Morgan fingerprint density at radius 2 is 2.40 bits per heavy atom. The van der Waals surface area contributed by atoms with Crippen molar-refractivity contribution in [2.45, 2.75) is 13.3 Å². The molecule has 2 heteroatoms. The molecule has 0 aromatic carbocycles. The van der Waals surface area contributed by atoms with Gasteiger partial charge in [0.2, 0.25) is 0 Å². The zero-order valence-electron chi connectivity index (χ0n) is 6.52. The Kier molecular flexibility index (Phi) is 2.00. The molecule has 1 rings (SSSR count). The Bertz CT molecular complexity index is 180. The molecule has 1 aliphatic rings. The first-order chi connectivity index (χ1) is 4.74. The molecule has 0 bridgehead atoms. The number of allylic oxidation sites excluding steroid dienone is 2. The largest absolute Gasteiger partial charge is 0.397 e. The first-order valence-corrected chi connectivity index (χ1v) is 3.59. The van der Waals surface area contributed by atoms with Crippen LogP contribution in [0, 0.1) is 5.92 Å². The van der Waals surface area contributed by atoms with Gasteiger partial charge in [0.05, 0.1) is 11.4 Å². The molecule has 3 N–H and O–H groups in total. The summed E-state index contributed by atoms with van der Waals surface area (Å²) in [6.45, 7) is 2.16. The van der Waals surface area contributed by atoms with Crippen molar-refractivity contribution in [2.24, 2.45) is 11.7 Å². The molecule has 0 aliphatic heterocycles. The van der Waals surface area contributed by atoms with Crippen molar-refractivity contribution in [3.05, 3.63) is 23.5 Å². The number of nitrogens with two attached hydrogens (primary N) is 1. The van der Waals surface area contributed by atoms with Gasteiger partial charge in [-0.1, -0.05) is 19.1 Å². The average Bonchev–Trinajstić information content (AvgIpc) is 1.88. The van der Waals surface area contributed by atoms with E-state index >= 15 is 0 Å². The van der Waals surface area contributed by atoms with Crippen LogP contribution in [0.1, 0.15) is 13.3 Å². The van der Waals surface area contributed by atoms with E-state index in [4.69, 9.17) is 5.73 Å². The van der Waals surface area contributed by atoms with Gasteiger partial charge in [-0.3, -0.25) is 0 Å². The summed E-state index contributed by atoms with van der Waals surface area (Å²) < 4.78 is 0. The summed E-state index contributed by atoms with van der Waals surface area (Å²) in [4.78, 5) is 0. The predicted molar refractivity (Wildman–Crippen MR) is 43.2 cm³/mol. The molecule has 0 radical (unpaired) electrons. The fraction of sp³-hybridized carbons (Fsp3) is 0.500. The van der Waals surface area contributed by atoms with Gasteiger partial charge in [0.15, 0.2) is 0 Å². The molecule has 0 heterocycles. The summed E-state index contributed by atoms with van der Waals surface area (Å²) in [7, 11) is 1.89. The summed E-state index contributed by atoms with van der Waals surface area (Å²) in [5, 5.41) is 3.04. The van der Waals surface area contributed by atoms with Crippen LogP contribution in [-0.2, 0) is 0 Å². The third kappa shape index (κ3) is 1.32.